The van der Waals surface area contributed by atoms with Crippen molar-refractivity contribution in [3.05, 3.63) is 58.4 Å². The molecule has 1 aliphatic heterocycles. The number of benzene rings is 2. The van der Waals surface area contributed by atoms with Crippen molar-refractivity contribution in [1.29, 1.82) is 0 Å². The Morgan fingerprint density at radius 3 is 2.69 bits per heavy atom. The highest BCUT2D eigenvalue weighted by molar-refractivity contribution is 7.09. The van der Waals surface area contributed by atoms with Crippen molar-refractivity contribution in [2.45, 2.75) is 33.3 Å². The summed E-state index contributed by atoms with van der Waals surface area (Å²) in [6, 6.07) is 13.9. The lowest BCUT2D eigenvalue weighted by Crippen LogP contribution is -2.45. The maximum absolute atomic E-state index is 12.8. The van der Waals surface area contributed by atoms with E-state index in [9.17, 15) is 4.79 Å². The van der Waals surface area contributed by atoms with Crippen LogP contribution in [0.1, 0.15) is 23.9 Å². The molecular weight excluding hydrogens is 384 g/mol. The molecule has 4 rings (SSSR count). The molecular formula is C23H24N2O3S. The minimum Gasteiger partial charge on any atom is -0.494 e. The first-order valence-electron chi connectivity index (χ1n) is 9.75. The summed E-state index contributed by atoms with van der Waals surface area (Å²) in [5.74, 6) is 1.55. The van der Waals surface area contributed by atoms with Crippen molar-refractivity contribution in [3.63, 3.8) is 0 Å². The predicted molar refractivity (Wildman–Crippen MR) is 116 cm³/mol. The largest absolute Gasteiger partial charge is 0.494 e. The molecule has 150 valence electrons. The third-order valence-electron chi connectivity index (χ3n) is 4.90. The summed E-state index contributed by atoms with van der Waals surface area (Å²) >= 11 is 1.61. The van der Waals surface area contributed by atoms with E-state index in [1.165, 1.54) is 5.56 Å². The van der Waals surface area contributed by atoms with Crippen LogP contribution in [0, 0.1) is 13.8 Å². The van der Waals surface area contributed by atoms with E-state index >= 15 is 0 Å². The van der Waals surface area contributed by atoms with Crippen molar-refractivity contribution in [1.82, 2.24) is 4.98 Å². The highest BCUT2D eigenvalue weighted by Crippen LogP contribution is 2.37. The van der Waals surface area contributed by atoms with E-state index in [4.69, 9.17) is 9.47 Å². The predicted octanol–water partition coefficient (Wildman–Crippen LogP) is 5.01. The lowest BCUT2D eigenvalue weighted by Gasteiger charge is -2.33. The molecule has 0 fully saturated rings. The number of carbonyl (C=O) groups excluding carboxylic acids is 1. The summed E-state index contributed by atoms with van der Waals surface area (Å²) in [7, 11) is 0. The van der Waals surface area contributed by atoms with Gasteiger partial charge in [0.25, 0.3) is 5.91 Å². The molecule has 1 aliphatic rings. The number of rotatable bonds is 6. The second-order valence-electron chi connectivity index (χ2n) is 7.20. The van der Waals surface area contributed by atoms with Gasteiger partial charge in [-0.3, -0.25) is 4.79 Å². The van der Waals surface area contributed by atoms with E-state index < -0.39 is 6.10 Å². The van der Waals surface area contributed by atoms with Crippen LogP contribution in [0.2, 0.25) is 0 Å². The Bertz CT molecular complexity index is 1010. The Labute approximate surface area is 174 Å². The monoisotopic (exact) mass is 408 g/mol. The van der Waals surface area contributed by atoms with Gasteiger partial charge in [-0.25, -0.2) is 4.98 Å². The zero-order chi connectivity index (χ0) is 20.4. The van der Waals surface area contributed by atoms with Crippen molar-refractivity contribution >= 4 is 22.9 Å². The van der Waals surface area contributed by atoms with Crippen LogP contribution in [0.5, 0.6) is 11.5 Å². The fraction of sp³-hybridized carbons (Fsp3) is 0.304. The molecule has 0 saturated carbocycles. The number of aromatic nitrogens is 1. The highest BCUT2D eigenvalue weighted by Gasteiger charge is 2.31. The Morgan fingerprint density at radius 1 is 1.17 bits per heavy atom. The topological polar surface area (TPSA) is 51.7 Å². The standard InChI is InChI=1S/C23H24N2O3S/c1-15-5-8-19(9-6-15)27-12-4-11-25-21-13-18(20-14-29-17(3)24-20)7-10-22(21)28-16(2)23(25)26/h5-10,13-14,16H,4,11-12H2,1-3H3. The summed E-state index contributed by atoms with van der Waals surface area (Å²) in [6.45, 7) is 6.95. The molecule has 0 aliphatic carbocycles. The number of carbonyl (C=O) groups is 1. The van der Waals surface area contributed by atoms with Crippen molar-refractivity contribution < 1.29 is 14.3 Å². The zero-order valence-electron chi connectivity index (χ0n) is 16.8. The normalized spacial score (nSPS) is 15.8. The van der Waals surface area contributed by atoms with E-state index in [2.05, 4.69) is 4.98 Å². The van der Waals surface area contributed by atoms with E-state index in [1.54, 1.807) is 18.3 Å². The summed E-state index contributed by atoms with van der Waals surface area (Å²) < 4.78 is 11.6. The van der Waals surface area contributed by atoms with Crippen molar-refractivity contribution in [2.75, 3.05) is 18.1 Å². The summed E-state index contributed by atoms with van der Waals surface area (Å²) in [5, 5.41) is 3.05. The maximum atomic E-state index is 12.8. The smallest absolute Gasteiger partial charge is 0.267 e. The first-order valence-corrected chi connectivity index (χ1v) is 10.6. The number of aryl methyl sites for hydroxylation is 2. The number of ether oxygens (including phenoxy) is 2. The third kappa shape index (κ3) is 4.27. The molecule has 0 spiro atoms. The number of hydrogen-bond acceptors (Lipinski definition) is 5. The van der Waals surface area contributed by atoms with Gasteiger partial charge in [0.15, 0.2) is 6.10 Å². The van der Waals surface area contributed by atoms with Crippen LogP contribution in [0.15, 0.2) is 47.8 Å². The van der Waals surface area contributed by atoms with Crippen LogP contribution in [0.25, 0.3) is 11.3 Å². The van der Waals surface area contributed by atoms with Gasteiger partial charge in [0, 0.05) is 17.5 Å². The van der Waals surface area contributed by atoms with Gasteiger partial charge in [-0.05, 0) is 57.5 Å². The molecule has 29 heavy (non-hydrogen) atoms. The van der Waals surface area contributed by atoms with E-state index in [-0.39, 0.29) is 5.91 Å². The Kier molecular flexibility index (Phi) is 5.53. The first-order chi connectivity index (χ1) is 14.0. The lowest BCUT2D eigenvalue weighted by molar-refractivity contribution is -0.125. The molecule has 2 heterocycles. The third-order valence-corrected chi connectivity index (χ3v) is 5.67. The molecule has 0 radical (unpaired) electrons. The lowest BCUT2D eigenvalue weighted by atomic mass is 10.1. The Morgan fingerprint density at radius 2 is 1.97 bits per heavy atom. The SMILES string of the molecule is Cc1ccc(OCCCN2C(=O)C(C)Oc3ccc(-c4csc(C)n4)cc32)cc1. The molecule has 0 saturated heterocycles. The molecule has 0 N–H and O–H groups in total. The number of fused-ring (bicyclic) bond motifs is 1. The van der Waals surface area contributed by atoms with Gasteiger partial charge in [-0.1, -0.05) is 17.7 Å². The number of amides is 1. The number of nitrogens with zero attached hydrogens (tertiary/aromatic N) is 2. The Balaban J connectivity index is 1.48. The van der Waals surface area contributed by atoms with E-state index in [1.807, 2.05) is 66.6 Å². The van der Waals surface area contributed by atoms with Gasteiger partial charge in [0.2, 0.25) is 0 Å². The second-order valence-corrected chi connectivity index (χ2v) is 8.26. The van der Waals surface area contributed by atoms with Crippen LogP contribution in [-0.2, 0) is 4.79 Å². The van der Waals surface area contributed by atoms with Crippen molar-refractivity contribution in [2.24, 2.45) is 0 Å². The average Bonchev–Trinajstić information content (AvgIpc) is 3.15. The molecule has 2 aromatic carbocycles. The van der Waals surface area contributed by atoms with Crippen LogP contribution in [0.3, 0.4) is 0 Å². The van der Waals surface area contributed by atoms with Crippen molar-refractivity contribution in [3.8, 4) is 22.8 Å². The van der Waals surface area contributed by atoms with Crippen LogP contribution in [-0.4, -0.2) is 30.1 Å². The van der Waals surface area contributed by atoms with E-state index in [0.717, 1.165) is 39.9 Å². The van der Waals surface area contributed by atoms with Gasteiger partial charge in [0.1, 0.15) is 11.5 Å². The molecule has 1 unspecified atom stereocenters. The molecule has 5 nitrogen and oxygen atoms in total. The van der Waals surface area contributed by atoms with E-state index in [0.29, 0.717) is 13.2 Å². The van der Waals surface area contributed by atoms with Crippen LogP contribution >= 0.6 is 11.3 Å². The van der Waals surface area contributed by atoms with Gasteiger partial charge in [-0.15, -0.1) is 11.3 Å². The number of anilines is 1. The van der Waals surface area contributed by atoms with Gasteiger partial charge in [0.05, 0.1) is 23.0 Å². The second kappa shape index (κ2) is 8.25. The molecule has 1 amide bonds. The quantitative estimate of drug-likeness (QED) is 0.538. The maximum Gasteiger partial charge on any atom is 0.267 e. The summed E-state index contributed by atoms with van der Waals surface area (Å²) in [6.07, 6.45) is 0.235. The minimum absolute atomic E-state index is 0.0283. The fourth-order valence-corrected chi connectivity index (χ4v) is 3.96. The van der Waals surface area contributed by atoms with Crippen LogP contribution in [0.4, 0.5) is 5.69 Å². The van der Waals surface area contributed by atoms with Gasteiger partial charge < -0.3 is 14.4 Å². The highest BCUT2D eigenvalue weighted by atomic mass is 32.1. The van der Waals surface area contributed by atoms with Gasteiger partial charge >= 0.3 is 0 Å². The number of hydrogen-bond donors (Lipinski definition) is 0. The Hall–Kier alpha value is -2.86. The average molecular weight is 409 g/mol. The molecule has 1 aromatic heterocycles. The molecule has 3 aromatic rings. The number of thiazole rings is 1. The summed E-state index contributed by atoms with van der Waals surface area (Å²) in [4.78, 5) is 19.2. The fourth-order valence-electron chi connectivity index (χ4n) is 3.34. The molecule has 1 atom stereocenters. The first kappa shape index (κ1) is 19.5. The summed E-state index contributed by atoms with van der Waals surface area (Å²) in [5.41, 5.74) is 3.91. The minimum atomic E-state index is -0.493. The van der Waals surface area contributed by atoms with Gasteiger partial charge in [-0.2, -0.15) is 0 Å². The van der Waals surface area contributed by atoms with Crippen LogP contribution < -0.4 is 14.4 Å². The molecule has 6 heteroatoms. The zero-order valence-corrected chi connectivity index (χ0v) is 17.7. The molecule has 0 bridgehead atoms.